The second-order valence-electron chi connectivity index (χ2n) is 4.34. The van der Waals surface area contributed by atoms with Gasteiger partial charge in [0.25, 0.3) is 0 Å². The van der Waals surface area contributed by atoms with Gasteiger partial charge in [0.15, 0.2) is 0 Å². The summed E-state index contributed by atoms with van der Waals surface area (Å²) < 4.78 is 37.5. The second-order valence-corrected chi connectivity index (χ2v) is 4.34. The van der Waals surface area contributed by atoms with Crippen LogP contribution in [0.2, 0.25) is 0 Å². The average Bonchev–Trinajstić information content (AvgIpc) is 2.14. The first-order valence-corrected chi connectivity index (χ1v) is 5.41. The summed E-state index contributed by atoms with van der Waals surface area (Å²) in [5, 5.41) is 0. The molecule has 0 aromatic heterocycles. The predicted octanol–water partition coefficient (Wildman–Crippen LogP) is 3.51. The molecule has 1 saturated carbocycles. The zero-order chi connectivity index (χ0) is 11.8. The number of benzene rings is 1. The summed E-state index contributed by atoms with van der Waals surface area (Å²) >= 11 is 0. The van der Waals surface area contributed by atoms with E-state index in [9.17, 15) is 13.2 Å². The van der Waals surface area contributed by atoms with Gasteiger partial charge in [0.1, 0.15) is 0 Å². The van der Waals surface area contributed by atoms with Crippen molar-refractivity contribution in [1.82, 2.24) is 0 Å². The summed E-state index contributed by atoms with van der Waals surface area (Å²) in [7, 11) is 0. The molecule has 16 heavy (non-hydrogen) atoms. The highest BCUT2D eigenvalue weighted by Crippen LogP contribution is 2.37. The molecule has 0 aliphatic heterocycles. The smallest absolute Gasteiger partial charge is 0.324 e. The van der Waals surface area contributed by atoms with Gasteiger partial charge in [0, 0.05) is 6.04 Å². The number of nitrogens with two attached hydrogens (primary N) is 1. The van der Waals surface area contributed by atoms with Crippen LogP contribution in [-0.2, 0) is 6.18 Å². The van der Waals surface area contributed by atoms with Gasteiger partial charge in [-0.05, 0) is 36.5 Å². The molecule has 0 amide bonds. The highest BCUT2D eigenvalue weighted by Gasteiger charge is 2.32. The van der Waals surface area contributed by atoms with Crippen LogP contribution in [0.15, 0.2) is 24.3 Å². The van der Waals surface area contributed by atoms with E-state index in [-0.39, 0.29) is 6.04 Å². The summed E-state index contributed by atoms with van der Waals surface area (Å²) in [6.45, 7) is 0. The fourth-order valence-corrected chi connectivity index (χ4v) is 1.99. The fraction of sp³-hybridized carbons (Fsp3) is 0.500. The molecule has 0 heterocycles. The van der Waals surface area contributed by atoms with Gasteiger partial charge in [-0.25, -0.2) is 0 Å². The van der Waals surface area contributed by atoms with E-state index in [2.05, 4.69) is 0 Å². The zero-order valence-corrected chi connectivity index (χ0v) is 8.80. The Kier molecular flexibility index (Phi) is 2.93. The van der Waals surface area contributed by atoms with Crippen LogP contribution in [0.1, 0.15) is 36.4 Å². The maximum atomic E-state index is 12.5. The van der Waals surface area contributed by atoms with Gasteiger partial charge in [0.05, 0.1) is 5.56 Å². The summed E-state index contributed by atoms with van der Waals surface area (Å²) in [5.41, 5.74) is 5.93. The molecule has 0 radical (unpaired) electrons. The fourth-order valence-electron chi connectivity index (χ4n) is 1.99. The van der Waals surface area contributed by atoms with Gasteiger partial charge in [-0.2, -0.15) is 13.2 Å². The third kappa shape index (κ3) is 2.21. The third-order valence-corrected chi connectivity index (χ3v) is 3.26. The first kappa shape index (κ1) is 11.5. The Hall–Kier alpha value is -1.03. The minimum Gasteiger partial charge on any atom is -0.324 e. The van der Waals surface area contributed by atoms with Gasteiger partial charge < -0.3 is 5.73 Å². The Labute approximate surface area is 92.5 Å². The predicted molar refractivity (Wildman–Crippen MR) is 55.7 cm³/mol. The second kappa shape index (κ2) is 4.09. The van der Waals surface area contributed by atoms with Crippen LogP contribution in [-0.4, -0.2) is 0 Å². The Morgan fingerprint density at radius 1 is 1.25 bits per heavy atom. The van der Waals surface area contributed by atoms with Crippen LogP contribution in [0.25, 0.3) is 0 Å². The van der Waals surface area contributed by atoms with E-state index in [0.717, 1.165) is 25.3 Å². The molecular formula is C12H14F3N. The Morgan fingerprint density at radius 3 is 2.44 bits per heavy atom. The molecule has 1 aliphatic carbocycles. The highest BCUT2D eigenvalue weighted by atomic mass is 19.4. The maximum absolute atomic E-state index is 12.5. The van der Waals surface area contributed by atoms with Crippen molar-refractivity contribution in [2.45, 2.75) is 31.5 Å². The van der Waals surface area contributed by atoms with Crippen LogP contribution in [0.3, 0.4) is 0 Å². The summed E-state index contributed by atoms with van der Waals surface area (Å²) in [5.74, 6) is 0.350. The van der Waals surface area contributed by atoms with Crippen molar-refractivity contribution >= 4 is 0 Å². The minimum atomic E-state index is -4.28. The largest absolute Gasteiger partial charge is 0.416 e. The number of hydrogen-bond acceptors (Lipinski definition) is 1. The zero-order valence-electron chi connectivity index (χ0n) is 8.80. The van der Waals surface area contributed by atoms with Crippen molar-refractivity contribution in [2.75, 3.05) is 0 Å². The Bertz CT molecular complexity index is 369. The average molecular weight is 229 g/mol. The van der Waals surface area contributed by atoms with Gasteiger partial charge in [-0.1, -0.05) is 18.6 Å². The molecule has 2 N–H and O–H groups in total. The lowest BCUT2D eigenvalue weighted by atomic mass is 9.77. The van der Waals surface area contributed by atoms with Gasteiger partial charge >= 0.3 is 6.18 Å². The van der Waals surface area contributed by atoms with Crippen molar-refractivity contribution in [1.29, 1.82) is 0 Å². The van der Waals surface area contributed by atoms with E-state index in [1.807, 2.05) is 0 Å². The quantitative estimate of drug-likeness (QED) is 0.825. The van der Waals surface area contributed by atoms with E-state index >= 15 is 0 Å². The molecule has 1 nitrogen and oxygen atoms in total. The van der Waals surface area contributed by atoms with Gasteiger partial charge in [-0.15, -0.1) is 0 Å². The highest BCUT2D eigenvalue weighted by molar-refractivity contribution is 5.28. The summed E-state index contributed by atoms with van der Waals surface area (Å²) in [4.78, 5) is 0. The number of alkyl halides is 3. The van der Waals surface area contributed by atoms with E-state index in [4.69, 9.17) is 5.73 Å². The van der Waals surface area contributed by atoms with Gasteiger partial charge in [-0.3, -0.25) is 0 Å². The maximum Gasteiger partial charge on any atom is 0.416 e. The number of hydrogen-bond donors (Lipinski definition) is 1. The van der Waals surface area contributed by atoms with Crippen LogP contribution in [0.4, 0.5) is 13.2 Å². The molecule has 0 bridgehead atoms. The molecule has 1 atom stereocenters. The normalized spacial score (nSPS) is 19.2. The van der Waals surface area contributed by atoms with E-state index in [1.165, 1.54) is 12.1 Å². The summed E-state index contributed by atoms with van der Waals surface area (Å²) in [6, 6.07) is 5.10. The van der Waals surface area contributed by atoms with Crippen molar-refractivity contribution in [3.63, 3.8) is 0 Å². The molecule has 88 valence electrons. The number of halogens is 3. The molecular weight excluding hydrogens is 215 g/mol. The molecule has 1 aromatic rings. The monoisotopic (exact) mass is 229 g/mol. The van der Waals surface area contributed by atoms with E-state index in [0.29, 0.717) is 11.5 Å². The first-order chi connectivity index (χ1) is 7.48. The van der Waals surface area contributed by atoms with Crippen molar-refractivity contribution in [3.8, 4) is 0 Å². The van der Waals surface area contributed by atoms with Crippen LogP contribution in [0.5, 0.6) is 0 Å². The lowest BCUT2D eigenvalue weighted by molar-refractivity contribution is -0.137. The molecule has 1 unspecified atom stereocenters. The van der Waals surface area contributed by atoms with Crippen LogP contribution >= 0.6 is 0 Å². The topological polar surface area (TPSA) is 26.0 Å². The van der Waals surface area contributed by atoms with Crippen LogP contribution in [0, 0.1) is 5.92 Å². The first-order valence-electron chi connectivity index (χ1n) is 5.41. The molecule has 0 spiro atoms. The third-order valence-electron chi connectivity index (χ3n) is 3.26. The molecule has 1 fully saturated rings. The van der Waals surface area contributed by atoms with Crippen LogP contribution < -0.4 is 5.73 Å². The molecule has 1 aliphatic rings. The Morgan fingerprint density at radius 2 is 1.94 bits per heavy atom. The molecule has 0 saturated heterocycles. The standard InChI is InChI=1S/C12H14F3N/c13-12(14,15)10-6-2-5-9(7-10)11(16)8-3-1-4-8/h2,5-8,11H,1,3-4,16H2. The Balaban J connectivity index is 2.21. The molecule has 4 heteroatoms. The van der Waals surface area contributed by atoms with Crippen molar-refractivity contribution in [2.24, 2.45) is 11.7 Å². The van der Waals surface area contributed by atoms with Crippen molar-refractivity contribution < 1.29 is 13.2 Å². The lowest BCUT2D eigenvalue weighted by Gasteiger charge is -2.31. The van der Waals surface area contributed by atoms with E-state index < -0.39 is 11.7 Å². The molecule has 2 rings (SSSR count). The SMILES string of the molecule is NC(c1cccc(C(F)(F)F)c1)C1CCC1. The summed E-state index contributed by atoms with van der Waals surface area (Å²) in [6.07, 6.45) is -1.10. The number of rotatable bonds is 2. The minimum absolute atomic E-state index is 0.254. The van der Waals surface area contributed by atoms with E-state index in [1.54, 1.807) is 6.07 Å². The van der Waals surface area contributed by atoms with Gasteiger partial charge in [0.2, 0.25) is 0 Å². The molecule has 1 aromatic carbocycles. The van der Waals surface area contributed by atoms with Crippen molar-refractivity contribution in [3.05, 3.63) is 35.4 Å². The lowest BCUT2D eigenvalue weighted by Crippen LogP contribution is -2.27.